The Morgan fingerprint density at radius 3 is 2.19 bits per heavy atom. The van der Waals surface area contributed by atoms with Crippen molar-refractivity contribution in [1.29, 1.82) is 0 Å². The third-order valence-electron chi connectivity index (χ3n) is 4.12. The van der Waals surface area contributed by atoms with Crippen LogP contribution < -0.4 is 10.5 Å². The van der Waals surface area contributed by atoms with Gasteiger partial charge in [0.2, 0.25) is 0 Å². The number of benzene rings is 2. The van der Waals surface area contributed by atoms with E-state index < -0.39 is 8.07 Å². The maximum Gasteiger partial charge on any atom is 0.0809 e. The van der Waals surface area contributed by atoms with Gasteiger partial charge < -0.3 is 5.32 Å². The first-order valence-corrected chi connectivity index (χ1v) is 11.0. The highest BCUT2D eigenvalue weighted by Crippen LogP contribution is 2.18. The molecule has 2 rings (SSSR count). The van der Waals surface area contributed by atoms with Crippen LogP contribution in [0.2, 0.25) is 19.1 Å². The lowest BCUT2D eigenvalue weighted by molar-refractivity contribution is 0.677. The third-order valence-corrected chi connectivity index (χ3v) is 7.73. The zero-order valence-corrected chi connectivity index (χ0v) is 14.7. The molecule has 0 aromatic heterocycles. The Morgan fingerprint density at radius 1 is 0.952 bits per heavy atom. The first-order valence-electron chi connectivity index (χ1n) is 7.83. The molecule has 0 fully saturated rings. The lowest BCUT2D eigenvalue weighted by Gasteiger charge is -2.27. The van der Waals surface area contributed by atoms with Crippen molar-refractivity contribution < 1.29 is 0 Å². The summed E-state index contributed by atoms with van der Waals surface area (Å²) in [6, 6.07) is 21.0. The smallest absolute Gasteiger partial charge is 0.0809 e. The van der Waals surface area contributed by atoms with Crippen LogP contribution in [0.15, 0.2) is 54.6 Å². The van der Waals surface area contributed by atoms with Crippen LogP contribution in [-0.2, 0) is 0 Å². The van der Waals surface area contributed by atoms with Crippen LogP contribution in [0.3, 0.4) is 0 Å². The summed E-state index contributed by atoms with van der Waals surface area (Å²) in [5.74, 6) is 0.688. The maximum atomic E-state index is 3.57. The predicted octanol–water partition coefficient (Wildman–Crippen LogP) is 4.66. The lowest BCUT2D eigenvalue weighted by atomic mass is 10.2. The molecule has 0 aliphatic rings. The average Bonchev–Trinajstić information content (AvgIpc) is 2.47. The number of rotatable bonds is 6. The minimum absolute atomic E-state index is 0.688. The van der Waals surface area contributed by atoms with Crippen molar-refractivity contribution in [2.75, 3.05) is 11.9 Å². The molecule has 1 unspecified atom stereocenters. The molecule has 21 heavy (non-hydrogen) atoms. The zero-order valence-electron chi connectivity index (χ0n) is 13.7. The van der Waals surface area contributed by atoms with Gasteiger partial charge in [-0.25, -0.2) is 0 Å². The third kappa shape index (κ3) is 4.75. The first-order chi connectivity index (χ1) is 9.97. The van der Waals surface area contributed by atoms with Gasteiger partial charge in [0, 0.05) is 12.2 Å². The Balaban J connectivity index is 1.89. The van der Waals surface area contributed by atoms with E-state index in [2.05, 4.69) is 86.9 Å². The van der Waals surface area contributed by atoms with Gasteiger partial charge >= 0.3 is 0 Å². The van der Waals surface area contributed by atoms with E-state index in [1.807, 2.05) is 0 Å². The van der Waals surface area contributed by atoms with Crippen molar-refractivity contribution in [2.45, 2.75) is 33.0 Å². The molecule has 2 aromatic carbocycles. The van der Waals surface area contributed by atoms with E-state index in [-0.39, 0.29) is 0 Å². The highest BCUT2D eigenvalue weighted by molar-refractivity contribution is 6.89. The van der Waals surface area contributed by atoms with Crippen LogP contribution in [0.5, 0.6) is 0 Å². The molecule has 1 nitrogen and oxygen atoms in total. The summed E-state index contributed by atoms with van der Waals surface area (Å²) in [5.41, 5.74) is 2.54. The van der Waals surface area contributed by atoms with Gasteiger partial charge in [-0.3, -0.25) is 0 Å². The summed E-state index contributed by atoms with van der Waals surface area (Å²) in [4.78, 5) is 0. The van der Waals surface area contributed by atoms with Crippen LogP contribution >= 0.6 is 0 Å². The molecule has 0 amide bonds. The summed E-state index contributed by atoms with van der Waals surface area (Å²) >= 11 is 0. The van der Waals surface area contributed by atoms with Crippen LogP contribution in [0, 0.1) is 12.8 Å². The molecule has 2 aromatic rings. The van der Waals surface area contributed by atoms with Crippen molar-refractivity contribution in [1.82, 2.24) is 0 Å². The predicted molar refractivity (Wildman–Crippen MR) is 97.2 cm³/mol. The standard InChI is InChI=1S/C19H27NSi/c1-16-10-12-18(13-11-16)20-14-17(2)15-21(3,4)19-8-6-5-7-9-19/h5-13,17,20H,14-15H2,1-4H3. The summed E-state index contributed by atoms with van der Waals surface area (Å²) in [6.07, 6.45) is 0. The fourth-order valence-electron chi connectivity index (χ4n) is 2.91. The molecular formula is C19H27NSi. The number of nitrogens with one attached hydrogen (secondary N) is 1. The van der Waals surface area contributed by atoms with Crippen molar-refractivity contribution in [2.24, 2.45) is 5.92 Å². The van der Waals surface area contributed by atoms with Gasteiger partial charge in [0.15, 0.2) is 0 Å². The lowest BCUT2D eigenvalue weighted by Crippen LogP contribution is -2.43. The molecule has 1 N–H and O–H groups in total. The van der Waals surface area contributed by atoms with Gasteiger partial charge in [-0.05, 0) is 31.0 Å². The van der Waals surface area contributed by atoms with Crippen molar-refractivity contribution in [3.63, 3.8) is 0 Å². The second kappa shape index (κ2) is 6.95. The molecule has 0 heterocycles. The van der Waals surface area contributed by atoms with E-state index in [1.54, 1.807) is 5.19 Å². The molecule has 0 saturated heterocycles. The molecule has 0 saturated carbocycles. The fraction of sp³-hybridized carbons (Fsp3) is 0.368. The minimum Gasteiger partial charge on any atom is -0.385 e. The van der Waals surface area contributed by atoms with E-state index in [1.165, 1.54) is 17.3 Å². The van der Waals surface area contributed by atoms with Crippen LogP contribution in [0.25, 0.3) is 0 Å². The Morgan fingerprint density at radius 2 is 1.57 bits per heavy atom. The topological polar surface area (TPSA) is 12.0 Å². The van der Waals surface area contributed by atoms with Crippen LogP contribution in [0.4, 0.5) is 5.69 Å². The van der Waals surface area contributed by atoms with Gasteiger partial charge in [-0.15, -0.1) is 0 Å². The second-order valence-electron chi connectivity index (χ2n) is 6.81. The Bertz CT molecular complexity index is 546. The highest BCUT2D eigenvalue weighted by Gasteiger charge is 2.25. The number of aryl methyl sites for hydroxylation is 1. The highest BCUT2D eigenvalue weighted by atomic mass is 28.3. The first kappa shape index (κ1) is 15.8. The van der Waals surface area contributed by atoms with E-state index in [0.717, 1.165) is 6.54 Å². The Kier molecular flexibility index (Phi) is 5.24. The molecule has 0 aliphatic carbocycles. The summed E-state index contributed by atoms with van der Waals surface area (Å²) < 4.78 is 0. The number of anilines is 1. The molecular weight excluding hydrogens is 270 g/mol. The summed E-state index contributed by atoms with van der Waals surface area (Å²) in [6.45, 7) is 10.5. The van der Waals surface area contributed by atoms with E-state index in [9.17, 15) is 0 Å². The average molecular weight is 298 g/mol. The molecule has 2 heteroatoms. The van der Waals surface area contributed by atoms with Gasteiger partial charge in [0.25, 0.3) is 0 Å². The quantitative estimate of drug-likeness (QED) is 0.765. The maximum absolute atomic E-state index is 3.57. The molecule has 0 bridgehead atoms. The number of hydrogen-bond acceptors (Lipinski definition) is 1. The molecule has 112 valence electrons. The fourth-order valence-corrected chi connectivity index (χ4v) is 6.13. The Hall–Kier alpha value is -1.54. The van der Waals surface area contributed by atoms with Crippen molar-refractivity contribution in [3.05, 3.63) is 60.2 Å². The minimum atomic E-state index is -1.33. The summed E-state index contributed by atoms with van der Waals surface area (Å²) in [7, 11) is -1.33. The van der Waals surface area contributed by atoms with Gasteiger partial charge in [-0.2, -0.15) is 0 Å². The molecule has 0 spiro atoms. The number of hydrogen-bond donors (Lipinski definition) is 1. The Labute approximate surface area is 130 Å². The SMILES string of the molecule is Cc1ccc(NCC(C)C[Si](C)(C)c2ccccc2)cc1. The molecule has 0 radical (unpaired) electrons. The second-order valence-corrected chi connectivity index (χ2v) is 11.6. The molecule has 0 aliphatic heterocycles. The van der Waals surface area contributed by atoms with E-state index in [4.69, 9.17) is 0 Å². The largest absolute Gasteiger partial charge is 0.385 e. The van der Waals surface area contributed by atoms with Gasteiger partial charge in [0.1, 0.15) is 0 Å². The van der Waals surface area contributed by atoms with Crippen molar-refractivity contribution in [3.8, 4) is 0 Å². The summed E-state index contributed by atoms with van der Waals surface area (Å²) in [5, 5.41) is 5.13. The van der Waals surface area contributed by atoms with E-state index in [0.29, 0.717) is 5.92 Å². The monoisotopic (exact) mass is 297 g/mol. The van der Waals surface area contributed by atoms with Crippen molar-refractivity contribution >= 4 is 18.9 Å². The normalized spacial score (nSPS) is 13.0. The van der Waals surface area contributed by atoms with Crippen LogP contribution in [0.1, 0.15) is 12.5 Å². The van der Waals surface area contributed by atoms with E-state index >= 15 is 0 Å². The van der Waals surface area contributed by atoms with Crippen LogP contribution in [-0.4, -0.2) is 14.6 Å². The van der Waals surface area contributed by atoms with Gasteiger partial charge in [-0.1, -0.05) is 73.2 Å². The van der Waals surface area contributed by atoms with Gasteiger partial charge in [0.05, 0.1) is 8.07 Å². The molecule has 1 atom stereocenters. The zero-order chi connectivity index (χ0) is 15.3.